The number of carbonyl (C=O) groups is 1. The second-order valence-electron chi connectivity index (χ2n) is 7.10. The number of benzene rings is 2. The highest BCUT2D eigenvalue weighted by Gasteiger charge is 2.34. The number of ether oxygens (including phenoxy) is 2. The largest absolute Gasteiger partial charge is 0.496 e. The second-order valence-corrected chi connectivity index (χ2v) is 8.10. The SMILES string of the molecule is CCOC(=O)C1=C(C)N=c2s/c(=C/c3ccc(F)cc3)c(=O)n2C1c1ccccc1OC. The number of carbonyl (C=O) groups excluding carboxylic acids is 1. The zero-order chi connectivity index (χ0) is 22.8. The highest BCUT2D eigenvalue weighted by Crippen LogP contribution is 2.35. The van der Waals surface area contributed by atoms with Crippen molar-refractivity contribution < 1.29 is 18.7 Å². The van der Waals surface area contributed by atoms with Crippen LogP contribution < -0.4 is 19.6 Å². The van der Waals surface area contributed by atoms with Gasteiger partial charge in [0.15, 0.2) is 4.80 Å². The van der Waals surface area contributed by atoms with Gasteiger partial charge >= 0.3 is 5.97 Å². The third kappa shape index (κ3) is 3.89. The molecule has 0 saturated heterocycles. The number of aromatic nitrogens is 1. The number of methoxy groups -OCH3 is 1. The van der Waals surface area contributed by atoms with Crippen molar-refractivity contribution in [1.82, 2.24) is 4.57 Å². The molecule has 0 radical (unpaired) electrons. The molecule has 0 spiro atoms. The highest BCUT2D eigenvalue weighted by molar-refractivity contribution is 7.07. The van der Waals surface area contributed by atoms with Gasteiger partial charge in [-0.3, -0.25) is 9.36 Å². The normalized spacial score (nSPS) is 15.9. The molecule has 0 fully saturated rings. The van der Waals surface area contributed by atoms with Crippen LogP contribution in [0.5, 0.6) is 5.75 Å². The van der Waals surface area contributed by atoms with Gasteiger partial charge in [0.2, 0.25) is 0 Å². The number of allylic oxidation sites excluding steroid dienone is 1. The van der Waals surface area contributed by atoms with Crippen LogP contribution in [0.25, 0.3) is 6.08 Å². The fraction of sp³-hybridized carbons (Fsp3) is 0.208. The fourth-order valence-electron chi connectivity index (χ4n) is 3.69. The van der Waals surface area contributed by atoms with Gasteiger partial charge in [0.25, 0.3) is 5.56 Å². The summed E-state index contributed by atoms with van der Waals surface area (Å²) in [4.78, 5) is 31.4. The maximum atomic E-state index is 13.5. The predicted octanol–water partition coefficient (Wildman–Crippen LogP) is 2.95. The van der Waals surface area contributed by atoms with Crippen LogP contribution in [0.3, 0.4) is 0 Å². The lowest BCUT2D eigenvalue weighted by atomic mass is 9.95. The number of fused-ring (bicyclic) bond motifs is 1. The van der Waals surface area contributed by atoms with E-state index in [1.54, 1.807) is 38.1 Å². The molecule has 1 aliphatic heterocycles. The minimum Gasteiger partial charge on any atom is -0.496 e. The number of rotatable bonds is 5. The number of nitrogens with zero attached hydrogens (tertiary/aromatic N) is 2. The number of thiazole rings is 1. The summed E-state index contributed by atoms with van der Waals surface area (Å²) in [7, 11) is 1.54. The van der Waals surface area contributed by atoms with Crippen molar-refractivity contribution >= 4 is 23.4 Å². The number of esters is 1. The van der Waals surface area contributed by atoms with E-state index in [2.05, 4.69) is 4.99 Å². The Kier molecular flexibility index (Phi) is 6.05. The molecule has 0 bridgehead atoms. The Balaban J connectivity index is 1.98. The first kappa shape index (κ1) is 21.7. The van der Waals surface area contributed by atoms with Gasteiger partial charge in [-0.15, -0.1) is 0 Å². The zero-order valence-electron chi connectivity index (χ0n) is 17.8. The van der Waals surface area contributed by atoms with Crippen LogP contribution in [-0.2, 0) is 9.53 Å². The van der Waals surface area contributed by atoms with E-state index in [-0.39, 0.29) is 23.6 Å². The Morgan fingerprint density at radius 1 is 1.22 bits per heavy atom. The molecule has 2 aromatic carbocycles. The molecule has 6 nitrogen and oxygen atoms in total. The summed E-state index contributed by atoms with van der Waals surface area (Å²) >= 11 is 1.21. The quantitative estimate of drug-likeness (QED) is 0.558. The van der Waals surface area contributed by atoms with E-state index in [1.165, 1.54) is 35.1 Å². The van der Waals surface area contributed by atoms with E-state index in [0.29, 0.717) is 31.9 Å². The molecular weight excluding hydrogens is 431 g/mol. The van der Waals surface area contributed by atoms with E-state index >= 15 is 0 Å². The Bertz CT molecular complexity index is 1390. The third-order valence-corrected chi connectivity index (χ3v) is 6.10. The van der Waals surface area contributed by atoms with Gasteiger partial charge in [-0.25, -0.2) is 14.2 Å². The molecule has 1 atom stereocenters. The summed E-state index contributed by atoms with van der Waals surface area (Å²) < 4.78 is 26.0. The molecular formula is C24H21FN2O4S. The molecule has 4 rings (SSSR count). The smallest absolute Gasteiger partial charge is 0.338 e. The minimum absolute atomic E-state index is 0.198. The van der Waals surface area contributed by atoms with E-state index in [1.807, 2.05) is 18.2 Å². The predicted molar refractivity (Wildman–Crippen MR) is 120 cm³/mol. The van der Waals surface area contributed by atoms with Gasteiger partial charge in [0, 0.05) is 5.56 Å². The molecule has 1 unspecified atom stereocenters. The Morgan fingerprint density at radius 3 is 2.62 bits per heavy atom. The zero-order valence-corrected chi connectivity index (χ0v) is 18.6. The lowest BCUT2D eigenvalue weighted by molar-refractivity contribution is -0.139. The standard InChI is InChI=1S/C24H21FN2O4S/c1-4-31-23(29)20-14(2)26-24-27(21(20)17-7-5-6-8-18(17)30-3)22(28)19(32-24)13-15-9-11-16(25)12-10-15/h5-13,21H,4H2,1-3H3/b19-13+. The van der Waals surface area contributed by atoms with Crippen molar-refractivity contribution in [1.29, 1.82) is 0 Å². The van der Waals surface area contributed by atoms with Crippen molar-refractivity contribution in [3.63, 3.8) is 0 Å². The lowest BCUT2D eigenvalue weighted by Gasteiger charge is -2.25. The molecule has 8 heteroatoms. The molecule has 164 valence electrons. The monoisotopic (exact) mass is 452 g/mol. The van der Waals surface area contributed by atoms with Crippen molar-refractivity contribution in [2.45, 2.75) is 19.9 Å². The fourth-order valence-corrected chi connectivity index (χ4v) is 4.74. The van der Waals surface area contributed by atoms with E-state index in [0.717, 1.165) is 0 Å². The summed E-state index contributed by atoms with van der Waals surface area (Å²) in [6, 6.07) is 12.4. The molecule has 1 aliphatic rings. The van der Waals surface area contributed by atoms with Crippen molar-refractivity contribution in [2.75, 3.05) is 13.7 Å². The maximum Gasteiger partial charge on any atom is 0.338 e. The van der Waals surface area contributed by atoms with Gasteiger partial charge in [0.1, 0.15) is 17.6 Å². The van der Waals surface area contributed by atoms with Gasteiger partial charge in [0.05, 0.1) is 29.5 Å². The van der Waals surface area contributed by atoms with Crippen molar-refractivity contribution in [3.05, 3.63) is 96.4 Å². The second kappa shape index (κ2) is 8.92. The topological polar surface area (TPSA) is 69.9 Å². The summed E-state index contributed by atoms with van der Waals surface area (Å²) in [5.41, 5.74) is 1.81. The Morgan fingerprint density at radius 2 is 1.94 bits per heavy atom. The van der Waals surface area contributed by atoms with Gasteiger partial charge in [-0.2, -0.15) is 0 Å². The average molecular weight is 453 g/mol. The van der Waals surface area contributed by atoms with Crippen LogP contribution in [0.15, 0.2) is 69.6 Å². The first-order chi connectivity index (χ1) is 15.4. The van der Waals surface area contributed by atoms with E-state index < -0.39 is 12.0 Å². The van der Waals surface area contributed by atoms with Crippen LogP contribution in [-0.4, -0.2) is 24.3 Å². The molecule has 0 amide bonds. The Hall–Kier alpha value is -3.52. The van der Waals surface area contributed by atoms with Crippen LogP contribution in [0.1, 0.15) is 31.0 Å². The number of para-hydroxylation sites is 1. The third-order valence-electron chi connectivity index (χ3n) is 5.12. The Labute approximate surface area is 187 Å². The summed E-state index contributed by atoms with van der Waals surface area (Å²) in [6.45, 7) is 3.65. The molecule has 0 N–H and O–H groups in total. The summed E-state index contributed by atoms with van der Waals surface area (Å²) in [5, 5.41) is 0. The number of hydrogen-bond acceptors (Lipinski definition) is 6. The molecule has 3 aromatic rings. The first-order valence-electron chi connectivity index (χ1n) is 10.0. The lowest BCUT2D eigenvalue weighted by Crippen LogP contribution is -2.40. The van der Waals surface area contributed by atoms with Crippen molar-refractivity contribution in [3.8, 4) is 5.75 Å². The minimum atomic E-state index is -0.753. The summed E-state index contributed by atoms with van der Waals surface area (Å²) in [5.74, 6) is -0.339. The molecule has 1 aromatic heterocycles. The highest BCUT2D eigenvalue weighted by atomic mass is 32.1. The van der Waals surface area contributed by atoms with Crippen LogP contribution in [0.2, 0.25) is 0 Å². The van der Waals surface area contributed by atoms with Crippen LogP contribution >= 0.6 is 11.3 Å². The summed E-state index contributed by atoms with van der Waals surface area (Å²) in [6.07, 6.45) is 1.69. The average Bonchev–Trinajstić information content (AvgIpc) is 3.09. The molecule has 0 saturated carbocycles. The van der Waals surface area contributed by atoms with Gasteiger partial charge < -0.3 is 9.47 Å². The van der Waals surface area contributed by atoms with E-state index in [4.69, 9.17) is 9.47 Å². The number of hydrogen-bond donors (Lipinski definition) is 0. The molecule has 0 aliphatic carbocycles. The first-order valence-corrected chi connectivity index (χ1v) is 10.8. The maximum absolute atomic E-state index is 13.5. The molecule has 2 heterocycles. The van der Waals surface area contributed by atoms with Gasteiger partial charge in [-0.05, 0) is 43.7 Å². The number of halogens is 1. The van der Waals surface area contributed by atoms with Gasteiger partial charge in [-0.1, -0.05) is 41.7 Å². The van der Waals surface area contributed by atoms with E-state index in [9.17, 15) is 14.0 Å². The molecule has 32 heavy (non-hydrogen) atoms. The van der Waals surface area contributed by atoms with Crippen molar-refractivity contribution in [2.24, 2.45) is 4.99 Å². The van der Waals surface area contributed by atoms with Crippen LogP contribution in [0, 0.1) is 5.82 Å². The van der Waals surface area contributed by atoms with Crippen LogP contribution in [0.4, 0.5) is 4.39 Å².